The van der Waals surface area contributed by atoms with Gasteiger partial charge in [-0.2, -0.15) is 9.40 Å². The number of halogens is 1. The Bertz CT molecular complexity index is 1200. The van der Waals surface area contributed by atoms with Crippen molar-refractivity contribution in [3.63, 3.8) is 0 Å². The Hall–Kier alpha value is -2.55. The largest absolute Gasteiger partial charge is 0.370 e. The first-order valence-electron chi connectivity index (χ1n) is 10.2. The summed E-state index contributed by atoms with van der Waals surface area (Å²) in [7, 11) is -1.94. The van der Waals surface area contributed by atoms with Gasteiger partial charge in [-0.15, -0.1) is 0 Å². The number of hydrogen-bond donors (Lipinski definition) is 0. The highest BCUT2D eigenvalue weighted by molar-refractivity contribution is 7.89. The smallest absolute Gasteiger partial charge is 0.243 e. The Balaban J connectivity index is 1.51. The minimum absolute atomic E-state index is 0.0277. The van der Waals surface area contributed by atoms with Crippen molar-refractivity contribution >= 4 is 10.0 Å². The predicted molar refractivity (Wildman–Crippen MR) is 115 cm³/mol. The molecule has 2 heterocycles. The first-order valence-corrected chi connectivity index (χ1v) is 11.6. The van der Waals surface area contributed by atoms with Crippen LogP contribution in [0, 0.1) is 19.7 Å². The second kappa shape index (κ2) is 8.53. The highest BCUT2D eigenvalue weighted by Crippen LogP contribution is 2.28. The number of benzene rings is 2. The molecule has 3 aromatic rings. The maximum absolute atomic E-state index is 14.0. The standard InChI is InChI=1S/C23H26FN3O3S/c1-16-4-7-18(8-5-16)14-30-15-22-20-13-27(11-10-23(20)26(3)25-22)31(28,29)19-9-6-17(2)21(24)12-19/h4-9,12H,10-11,13-15H2,1-3H3. The summed E-state index contributed by atoms with van der Waals surface area (Å²) in [4.78, 5) is -0.0277. The van der Waals surface area contributed by atoms with Crippen LogP contribution >= 0.6 is 0 Å². The van der Waals surface area contributed by atoms with Gasteiger partial charge >= 0.3 is 0 Å². The van der Waals surface area contributed by atoms with Crippen LogP contribution in [0.2, 0.25) is 0 Å². The van der Waals surface area contributed by atoms with Crippen molar-refractivity contribution in [2.75, 3.05) is 6.54 Å². The van der Waals surface area contributed by atoms with Crippen LogP contribution in [0.5, 0.6) is 0 Å². The highest BCUT2D eigenvalue weighted by atomic mass is 32.2. The van der Waals surface area contributed by atoms with E-state index in [1.165, 1.54) is 22.0 Å². The molecule has 0 bridgehead atoms. The van der Waals surface area contributed by atoms with Crippen LogP contribution in [-0.4, -0.2) is 29.0 Å². The molecule has 31 heavy (non-hydrogen) atoms. The van der Waals surface area contributed by atoms with Gasteiger partial charge in [0.05, 0.1) is 23.8 Å². The zero-order chi connectivity index (χ0) is 22.2. The van der Waals surface area contributed by atoms with Gasteiger partial charge in [0, 0.05) is 37.8 Å². The zero-order valence-corrected chi connectivity index (χ0v) is 18.7. The summed E-state index contributed by atoms with van der Waals surface area (Å²) in [6, 6.07) is 12.2. The minimum atomic E-state index is -3.80. The minimum Gasteiger partial charge on any atom is -0.370 e. The first-order chi connectivity index (χ1) is 14.8. The summed E-state index contributed by atoms with van der Waals surface area (Å²) >= 11 is 0. The summed E-state index contributed by atoms with van der Waals surface area (Å²) in [6.07, 6.45) is 0.546. The SMILES string of the molecule is Cc1ccc(COCc2nn(C)c3c2CN(S(=O)(=O)c2ccc(C)c(F)c2)CC3)cc1. The Morgan fingerprint density at radius 3 is 2.55 bits per heavy atom. The maximum Gasteiger partial charge on any atom is 0.243 e. The van der Waals surface area contributed by atoms with E-state index in [9.17, 15) is 12.8 Å². The Morgan fingerprint density at radius 1 is 1.10 bits per heavy atom. The second-order valence-corrected chi connectivity index (χ2v) is 9.91. The lowest BCUT2D eigenvalue weighted by Crippen LogP contribution is -2.36. The quantitative estimate of drug-likeness (QED) is 0.584. The van der Waals surface area contributed by atoms with Gasteiger partial charge < -0.3 is 4.74 Å². The van der Waals surface area contributed by atoms with Crippen LogP contribution in [0.3, 0.4) is 0 Å². The fourth-order valence-corrected chi connectivity index (χ4v) is 5.22. The molecule has 1 aromatic heterocycles. The Morgan fingerprint density at radius 2 is 1.84 bits per heavy atom. The molecule has 0 unspecified atom stereocenters. The second-order valence-electron chi connectivity index (χ2n) is 7.97. The summed E-state index contributed by atoms with van der Waals surface area (Å²) in [6.45, 7) is 4.92. The van der Waals surface area contributed by atoms with E-state index in [1.807, 2.05) is 38.2 Å². The number of sulfonamides is 1. The van der Waals surface area contributed by atoms with Gasteiger partial charge in [0.15, 0.2) is 0 Å². The molecule has 1 aliphatic rings. The molecule has 0 amide bonds. The van der Waals surface area contributed by atoms with Gasteiger partial charge in [0.2, 0.25) is 10.0 Å². The van der Waals surface area contributed by atoms with Crippen LogP contribution in [0.4, 0.5) is 4.39 Å². The lowest BCUT2D eigenvalue weighted by atomic mass is 10.1. The van der Waals surface area contributed by atoms with Crippen molar-refractivity contribution in [2.45, 2.75) is 44.9 Å². The molecule has 164 valence electrons. The average molecular weight is 444 g/mol. The molecule has 0 fully saturated rings. The number of ether oxygens (including phenoxy) is 1. The molecule has 0 saturated carbocycles. The summed E-state index contributed by atoms with van der Waals surface area (Å²) in [5.74, 6) is -0.523. The fourth-order valence-electron chi connectivity index (χ4n) is 3.80. The van der Waals surface area contributed by atoms with Gasteiger partial charge in [-0.1, -0.05) is 35.9 Å². The van der Waals surface area contributed by atoms with Crippen molar-refractivity contribution in [2.24, 2.45) is 7.05 Å². The molecule has 4 rings (SSSR count). The maximum atomic E-state index is 14.0. The summed E-state index contributed by atoms with van der Waals surface area (Å²) in [5, 5.41) is 4.56. The van der Waals surface area contributed by atoms with Gasteiger partial charge in [0.1, 0.15) is 5.82 Å². The van der Waals surface area contributed by atoms with E-state index < -0.39 is 15.8 Å². The topological polar surface area (TPSA) is 64.4 Å². The molecule has 0 spiro atoms. The van der Waals surface area contributed by atoms with Gasteiger partial charge in [-0.25, -0.2) is 12.8 Å². The van der Waals surface area contributed by atoms with E-state index in [0.29, 0.717) is 31.7 Å². The third-order valence-corrected chi connectivity index (χ3v) is 7.54. The predicted octanol–water partition coefficient (Wildman–Crippen LogP) is 3.64. The van der Waals surface area contributed by atoms with E-state index in [1.54, 1.807) is 11.6 Å². The Labute approximate surface area is 182 Å². The monoisotopic (exact) mass is 443 g/mol. The molecule has 1 aliphatic heterocycles. The van der Waals surface area contributed by atoms with Gasteiger partial charge in [-0.3, -0.25) is 4.68 Å². The molecular formula is C23H26FN3O3S. The van der Waals surface area contributed by atoms with E-state index in [0.717, 1.165) is 28.6 Å². The van der Waals surface area contributed by atoms with Crippen molar-refractivity contribution in [1.82, 2.24) is 14.1 Å². The van der Waals surface area contributed by atoms with E-state index in [2.05, 4.69) is 5.10 Å². The van der Waals surface area contributed by atoms with Crippen LogP contribution in [0.15, 0.2) is 47.4 Å². The lowest BCUT2D eigenvalue weighted by molar-refractivity contribution is 0.103. The third-order valence-electron chi connectivity index (χ3n) is 5.70. The average Bonchev–Trinajstić information content (AvgIpc) is 3.06. The number of aryl methyl sites for hydroxylation is 3. The fraction of sp³-hybridized carbons (Fsp3) is 0.348. The number of fused-ring (bicyclic) bond motifs is 1. The number of nitrogens with zero attached hydrogens (tertiary/aromatic N) is 3. The third kappa shape index (κ3) is 4.42. The molecule has 0 saturated heterocycles. The van der Waals surface area contributed by atoms with Crippen LogP contribution in [-0.2, 0) is 48.0 Å². The van der Waals surface area contributed by atoms with Crippen molar-refractivity contribution in [3.05, 3.63) is 81.9 Å². The molecule has 8 heteroatoms. The van der Waals surface area contributed by atoms with Gasteiger partial charge in [-0.05, 0) is 37.1 Å². The van der Waals surface area contributed by atoms with Crippen LogP contribution in [0.25, 0.3) is 0 Å². The van der Waals surface area contributed by atoms with Crippen LogP contribution in [0.1, 0.15) is 33.6 Å². The molecule has 0 radical (unpaired) electrons. The normalized spacial score (nSPS) is 14.6. The highest BCUT2D eigenvalue weighted by Gasteiger charge is 2.32. The molecule has 0 atom stereocenters. The molecular weight excluding hydrogens is 417 g/mol. The van der Waals surface area contributed by atoms with E-state index in [-0.39, 0.29) is 11.4 Å². The number of hydrogen-bond acceptors (Lipinski definition) is 4. The Kier molecular flexibility index (Phi) is 5.96. The zero-order valence-electron chi connectivity index (χ0n) is 17.9. The van der Waals surface area contributed by atoms with Crippen LogP contribution < -0.4 is 0 Å². The summed E-state index contributed by atoms with van der Waals surface area (Å²) in [5.41, 5.74) is 5.29. The van der Waals surface area contributed by atoms with Crippen molar-refractivity contribution in [1.29, 1.82) is 0 Å². The first kappa shape index (κ1) is 21.7. The molecule has 0 aliphatic carbocycles. The lowest BCUT2D eigenvalue weighted by Gasteiger charge is -2.27. The van der Waals surface area contributed by atoms with Gasteiger partial charge in [0.25, 0.3) is 0 Å². The molecule has 6 nitrogen and oxygen atoms in total. The summed E-state index contributed by atoms with van der Waals surface area (Å²) < 4.78 is 49.2. The molecule has 0 N–H and O–H groups in total. The van der Waals surface area contributed by atoms with E-state index in [4.69, 9.17) is 4.74 Å². The van der Waals surface area contributed by atoms with Crippen molar-refractivity contribution < 1.29 is 17.5 Å². The van der Waals surface area contributed by atoms with E-state index >= 15 is 0 Å². The number of aromatic nitrogens is 2. The number of rotatable bonds is 6. The molecule has 2 aromatic carbocycles. The van der Waals surface area contributed by atoms with Crippen molar-refractivity contribution in [3.8, 4) is 0 Å².